The number of benzene rings is 2. The molecule has 2 fully saturated rings. The Morgan fingerprint density at radius 1 is 0.946 bits per heavy atom. The fraction of sp³-hybridized carbons (Fsp3) is 0.429. The van der Waals surface area contributed by atoms with Gasteiger partial charge in [0.05, 0.1) is 18.9 Å². The van der Waals surface area contributed by atoms with Crippen LogP contribution in [0.4, 0.5) is 20.6 Å². The Morgan fingerprint density at radius 3 is 2.57 bits per heavy atom. The highest BCUT2D eigenvalue weighted by atomic mass is 32.1. The van der Waals surface area contributed by atoms with Gasteiger partial charge in [0, 0.05) is 68.0 Å². The van der Waals surface area contributed by atoms with E-state index in [4.69, 9.17) is 4.74 Å². The predicted molar refractivity (Wildman–Crippen MR) is 144 cm³/mol. The summed E-state index contributed by atoms with van der Waals surface area (Å²) in [6.45, 7) is 6.46. The molecule has 3 aliphatic heterocycles. The maximum absolute atomic E-state index is 14.2. The molecular formula is C28H31FN4O3S. The van der Waals surface area contributed by atoms with Crippen LogP contribution in [0.15, 0.2) is 41.8 Å². The minimum absolute atomic E-state index is 0.130. The van der Waals surface area contributed by atoms with E-state index in [1.807, 2.05) is 11.4 Å². The Kier molecular flexibility index (Phi) is 6.84. The van der Waals surface area contributed by atoms with Gasteiger partial charge in [-0.3, -0.25) is 9.69 Å². The number of morpholine rings is 1. The first-order valence-electron chi connectivity index (χ1n) is 13.0. The Balaban J connectivity index is 1.10. The minimum Gasteiger partial charge on any atom is -0.378 e. The van der Waals surface area contributed by atoms with Gasteiger partial charge in [-0.05, 0) is 53.6 Å². The summed E-state index contributed by atoms with van der Waals surface area (Å²) >= 11 is 1.57. The molecule has 3 aliphatic rings. The summed E-state index contributed by atoms with van der Waals surface area (Å²) in [5.74, 6) is -0.311. The first kappa shape index (κ1) is 24.3. The van der Waals surface area contributed by atoms with E-state index in [0.717, 1.165) is 71.7 Å². The van der Waals surface area contributed by atoms with Gasteiger partial charge in [-0.1, -0.05) is 12.1 Å². The largest absolute Gasteiger partial charge is 0.378 e. The van der Waals surface area contributed by atoms with Crippen LogP contribution in [0, 0.1) is 5.82 Å². The molecule has 4 heterocycles. The lowest BCUT2D eigenvalue weighted by molar-refractivity contribution is -0.118. The molecule has 7 nitrogen and oxygen atoms in total. The van der Waals surface area contributed by atoms with E-state index < -0.39 is 0 Å². The normalized spacial score (nSPS) is 18.9. The number of hydrogen-bond acceptors (Lipinski definition) is 6. The Bertz CT molecular complexity index is 1310. The van der Waals surface area contributed by atoms with Gasteiger partial charge in [0.1, 0.15) is 5.82 Å². The number of carbonyl (C=O) groups excluding carboxylic acids is 2. The molecule has 6 rings (SSSR count). The number of urea groups is 1. The predicted octanol–water partition coefficient (Wildman–Crippen LogP) is 4.14. The highest BCUT2D eigenvalue weighted by molar-refractivity contribution is 7.17. The van der Waals surface area contributed by atoms with Gasteiger partial charge >= 0.3 is 6.03 Å². The van der Waals surface area contributed by atoms with Crippen LogP contribution < -0.4 is 9.80 Å². The van der Waals surface area contributed by atoms with Crippen LogP contribution in [-0.4, -0.2) is 80.8 Å². The van der Waals surface area contributed by atoms with Gasteiger partial charge in [-0.25, -0.2) is 14.1 Å². The van der Waals surface area contributed by atoms with Crippen LogP contribution in [0.2, 0.25) is 0 Å². The zero-order valence-corrected chi connectivity index (χ0v) is 21.6. The number of halogens is 1. The Morgan fingerprint density at radius 2 is 1.76 bits per heavy atom. The third-order valence-corrected chi connectivity index (χ3v) is 8.53. The molecule has 37 heavy (non-hydrogen) atoms. The van der Waals surface area contributed by atoms with Gasteiger partial charge in [0.2, 0.25) is 5.91 Å². The molecule has 0 atom stereocenters. The van der Waals surface area contributed by atoms with E-state index in [-0.39, 0.29) is 17.8 Å². The third kappa shape index (κ3) is 4.95. The summed E-state index contributed by atoms with van der Waals surface area (Å²) < 4.78 is 20.5. The maximum atomic E-state index is 14.2. The third-order valence-electron chi connectivity index (χ3n) is 7.67. The van der Waals surface area contributed by atoms with E-state index in [1.165, 1.54) is 4.90 Å². The number of carbonyl (C=O) groups is 2. The second kappa shape index (κ2) is 10.4. The van der Waals surface area contributed by atoms with Crippen molar-refractivity contribution in [3.63, 3.8) is 0 Å². The highest BCUT2D eigenvalue weighted by Gasteiger charge is 2.33. The summed E-state index contributed by atoms with van der Waals surface area (Å²) in [6.07, 6.45) is 1.87. The lowest BCUT2D eigenvalue weighted by Gasteiger charge is -2.36. The number of fused-ring (bicyclic) bond motifs is 2. The van der Waals surface area contributed by atoms with Crippen molar-refractivity contribution in [2.24, 2.45) is 0 Å². The molecule has 0 spiro atoms. The SMILES string of the molecule is O=C1CCc2ccc(CCN3CCN(c4cc(F)cc5sccc45)CC3)cc2N1C(=O)N1CCOCC1. The number of piperazine rings is 1. The summed E-state index contributed by atoms with van der Waals surface area (Å²) in [5.41, 5.74) is 3.90. The van der Waals surface area contributed by atoms with Crippen LogP contribution in [0.1, 0.15) is 17.5 Å². The van der Waals surface area contributed by atoms with Gasteiger partial charge in [0.15, 0.2) is 0 Å². The molecule has 1 aromatic heterocycles. The molecule has 0 radical (unpaired) electrons. The molecule has 0 saturated carbocycles. The van der Waals surface area contributed by atoms with Crippen LogP contribution in [0.25, 0.3) is 10.1 Å². The number of thiophene rings is 1. The van der Waals surface area contributed by atoms with Crippen molar-refractivity contribution in [3.05, 3.63) is 58.7 Å². The molecule has 3 aromatic rings. The molecular weight excluding hydrogens is 491 g/mol. The van der Waals surface area contributed by atoms with Gasteiger partial charge < -0.3 is 14.5 Å². The van der Waals surface area contributed by atoms with E-state index >= 15 is 0 Å². The maximum Gasteiger partial charge on any atom is 0.331 e. The number of ether oxygens (including phenoxy) is 1. The van der Waals surface area contributed by atoms with E-state index in [9.17, 15) is 14.0 Å². The lowest BCUT2D eigenvalue weighted by Crippen LogP contribution is -2.51. The van der Waals surface area contributed by atoms with Gasteiger partial charge in [-0.15, -0.1) is 11.3 Å². The number of anilines is 2. The average Bonchev–Trinajstić information content (AvgIpc) is 3.40. The zero-order valence-electron chi connectivity index (χ0n) is 20.8. The summed E-state index contributed by atoms with van der Waals surface area (Å²) in [4.78, 5) is 33.8. The molecule has 0 N–H and O–H groups in total. The molecule has 0 aliphatic carbocycles. The standard InChI is InChI=1S/C28H31FN4O3S/c29-22-18-25(23-6-16-37-26(23)19-22)31-10-8-30(9-11-31)7-5-20-1-2-21-3-4-27(34)33(24(21)17-20)28(35)32-12-14-36-15-13-32/h1-2,6,16-19H,3-5,7-15H2. The van der Waals surface area contributed by atoms with Crippen molar-refractivity contribution in [2.45, 2.75) is 19.3 Å². The molecule has 0 bridgehead atoms. The number of aryl methyl sites for hydroxylation is 1. The Hall–Kier alpha value is -3.01. The van der Waals surface area contributed by atoms with E-state index in [0.29, 0.717) is 39.1 Å². The van der Waals surface area contributed by atoms with Crippen molar-refractivity contribution >= 4 is 44.7 Å². The fourth-order valence-electron chi connectivity index (χ4n) is 5.56. The van der Waals surface area contributed by atoms with Crippen molar-refractivity contribution in [2.75, 3.05) is 68.8 Å². The summed E-state index contributed by atoms with van der Waals surface area (Å²) in [7, 11) is 0. The molecule has 2 aromatic carbocycles. The smallest absolute Gasteiger partial charge is 0.331 e. The zero-order chi connectivity index (χ0) is 25.4. The minimum atomic E-state index is -0.236. The number of imide groups is 1. The number of hydrogen-bond donors (Lipinski definition) is 0. The number of rotatable bonds is 4. The van der Waals surface area contributed by atoms with Crippen LogP contribution in [-0.2, 0) is 22.4 Å². The molecule has 2 saturated heterocycles. The van der Waals surface area contributed by atoms with Crippen LogP contribution in [0.3, 0.4) is 0 Å². The monoisotopic (exact) mass is 522 g/mol. The van der Waals surface area contributed by atoms with Crippen LogP contribution in [0.5, 0.6) is 0 Å². The second-order valence-electron chi connectivity index (χ2n) is 9.91. The molecule has 3 amide bonds. The Labute approximate surface area is 220 Å². The van der Waals surface area contributed by atoms with Crippen molar-refractivity contribution in [1.29, 1.82) is 0 Å². The first-order valence-corrected chi connectivity index (χ1v) is 13.9. The van der Waals surface area contributed by atoms with E-state index in [1.54, 1.807) is 28.4 Å². The molecule has 194 valence electrons. The quantitative estimate of drug-likeness (QED) is 0.516. The van der Waals surface area contributed by atoms with Crippen molar-refractivity contribution in [3.8, 4) is 0 Å². The number of nitrogens with zero attached hydrogens (tertiary/aromatic N) is 4. The molecule has 9 heteroatoms. The summed E-state index contributed by atoms with van der Waals surface area (Å²) in [5, 5.41) is 3.14. The average molecular weight is 523 g/mol. The fourth-order valence-corrected chi connectivity index (χ4v) is 6.39. The second-order valence-corrected chi connectivity index (χ2v) is 10.9. The van der Waals surface area contributed by atoms with Gasteiger partial charge in [-0.2, -0.15) is 0 Å². The summed E-state index contributed by atoms with van der Waals surface area (Å²) in [6, 6.07) is 11.3. The molecule has 0 unspecified atom stereocenters. The topological polar surface area (TPSA) is 56.3 Å². The first-order chi connectivity index (χ1) is 18.1. The van der Waals surface area contributed by atoms with Crippen LogP contribution >= 0.6 is 11.3 Å². The number of amides is 3. The van der Waals surface area contributed by atoms with Gasteiger partial charge in [0.25, 0.3) is 0 Å². The lowest BCUT2D eigenvalue weighted by atomic mass is 9.98. The van der Waals surface area contributed by atoms with E-state index in [2.05, 4.69) is 28.0 Å². The highest BCUT2D eigenvalue weighted by Crippen LogP contribution is 2.33. The van der Waals surface area contributed by atoms with Crippen molar-refractivity contribution in [1.82, 2.24) is 9.80 Å². The van der Waals surface area contributed by atoms with Crippen molar-refractivity contribution < 1.29 is 18.7 Å².